The van der Waals surface area contributed by atoms with Crippen LogP contribution in [0.3, 0.4) is 0 Å². The Bertz CT molecular complexity index is 324. The third kappa shape index (κ3) is 2.56. The molecule has 1 N–H and O–H groups in total. The van der Waals surface area contributed by atoms with Crippen molar-refractivity contribution in [2.45, 2.75) is 58.8 Å². The summed E-state index contributed by atoms with van der Waals surface area (Å²) in [4.78, 5) is 11.0. The zero-order valence-electron chi connectivity index (χ0n) is 11.0. The molecule has 0 aromatic rings. The normalized spacial score (nSPS) is 29.8. The van der Waals surface area contributed by atoms with Crippen LogP contribution < -0.4 is 0 Å². The van der Waals surface area contributed by atoms with Gasteiger partial charge in [-0.25, -0.2) is 0 Å². The van der Waals surface area contributed by atoms with E-state index in [-0.39, 0.29) is 5.92 Å². The van der Waals surface area contributed by atoms with Gasteiger partial charge in [0, 0.05) is 0 Å². The van der Waals surface area contributed by atoms with Crippen molar-refractivity contribution in [1.82, 2.24) is 0 Å². The van der Waals surface area contributed by atoms with Crippen LogP contribution in [0.4, 0.5) is 0 Å². The van der Waals surface area contributed by atoms with E-state index in [1.54, 1.807) is 0 Å². The Morgan fingerprint density at radius 1 is 1.47 bits per heavy atom. The van der Waals surface area contributed by atoms with Crippen molar-refractivity contribution >= 4 is 5.97 Å². The molecule has 0 amide bonds. The Hall–Kier alpha value is -0.790. The van der Waals surface area contributed by atoms with Crippen LogP contribution in [0.1, 0.15) is 58.8 Å². The van der Waals surface area contributed by atoms with E-state index in [1.165, 1.54) is 32.1 Å². The summed E-state index contributed by atoms with van der Waals surface area (Å²) in [6.45, 7) is 4.25. The van der Waals surface area contributed by atoms with Crippen molar-refractivity contribution in [2.24, 2.45) is 17.3 Å². The second kappa shape index (κ2) is 4.83. The van der Waals surface area contributed by atoms with Gasteiger partial charge in [-0.3, -0.25) is 4.79 Å². The van der Waals surface area contributed by atoms with Gasteiger partial charge in [-0.05, 0) is 50.4 Å². The lowest BCUT2D eigenvalue weighted by Gasteiger charge is -2.36. The van der Waals surface area contributed by atoms with E-state index in [0.717, 1.165) is 24.3 Å². The Morgan fingerprint density at radius 3 is 2.59 bits per heavy atom. The summed E-state index contributed by atoms with van der Waals surface area (Å²) in [5.41, 5.74) is 1.68. The molecule has 96 valence electrons. The van der Waals surface area contributed by atoms with Gasteiger partial charge in [-0.1, -0.05) is 31.4 Å². The molecule has 2 aliphatic carbocycles. The first-order valence-electron chi connectivity index (χ1n) is 6.95. The third-order valence-corrected chi connectivity index (χ3v) is 5.10. The molecule has 2 rings (SSSR count). The first-order valence-corrected chi connectivity index (χ1v) is 6.95. The number of carbonyl (C=O) groups is 1. The second-order valence-electron chi connectivity index (χ2n) is 6.17. The van der Waals surface area contributed by atoms with Crippen molar-refractivity contribution in [2.75, 3.05) is 0 Å². The molecule has 0 saturated heterocycles. The molecule has 2 nitrogen and oxygen atoms in total. The zero-order valence-corrected chi connectivity index (χ0v) is 11.0. The van der Waals surface area contributed by atoms with E-state index >= 15 is 0 Å². The van der Waals surface area contributed by atoms with Gasteiger partial charge in [0.15, 0.2) is 0 Å². The van der Waals surface area contributed by atoms with Crippen LogP contribution in [-0.2, 0) is 4.79 Å². The molecule has 0 aromatic carbocycles. The summed E-state index contributed by atoms with van der Waals surface area (Å²) >= 11 is 0. The molecule has 0 spiro atoms. The lowest BCUT2D eigenvalue weighted by atomic mass is 9.68. The van der Waals surface area contributed by atoms with Crippen LogP contribution in [0, 0.1) is 17.3 Å². The number of hydrogen-bond acceptors (Lipinski definition) is 1. The SMILES string of the molecule is CC(C(=O)O)C1=CCC(C2(C)CCCC2)CC1. The molecule has 0 aliphatic heterocycles. The summed E-state index contributed by atoms with van der Waals surface area (Å²) in [5.74, 6) is -0.177. The summed E-state index contributed by atoms with van der Waals surface area (Å²) < 4.78 is 0. The van der Waals surface area contributed by atoms with Gasteiger partial charge >= 0.3 is 5.97 Å². The van der Waals surface area contributed by atoms with Crippen LogP contribution in [0.25, 0.3) is 0 Å². The number of rotatable bonds is 3. The highest BCUT2D eigenvalue weighted by Gasteiger charge is 2.37. The average Bonchev–Trinajstić information content (AvgIpc) is 2.76. The Morgan fingerprint density at radius 2 is 2.12 bits per heavy atom. The minimum atomic E-state index is -0.679. The monoisotopic (exact) mass is 236 g/mol. The predicted octanol–water partition coefficient (Wildman–Crippen LogP) is 4.01. The van der Waals surface area contributed by atoms with Crippen molar-refractivity contribution in [3.63, 3.8) is 0 Å². The van der Waals surface area contributed by atoms with E-state index in [1.807, 2.05) is 6.92 Å². The highest BCUT2D eigenvalue weighted by atomic mass is 16.4. The van der Waals surface area contributed by atoms with Crippen molar-refractivity contribution in [3.8, 4) is 0 Å². The molecule has 2 atom stereocenters. The van der Waals surface area contributed by atoms with Gasteiger partial charge in [0.05, 0.1) is 5.92 Å². The van der Waals surface area contributed by atoms with Gasteiger partial charge in [0.25, 0.3) is 0 Å². The Kier molecular flexibility index (Phi) is 3.60. The molecule has 0 aromatic heterocycles. The minimum absolute atomic E-state index is 0.285. The van der Waals surface area contributed by atoms with Gasteiger partial charge < -0.3 is 5.11 Å². The van der Waals surface area contributed by atoms with Crippen molar-refractivity contribution in [1.29, 1.82) is 0 Å². The zero-order chi connectivity index (χ0) is 12.5. The van der Waals surface area contributed by atoms with E-state index in [4.69, 9.17) is 5.11 Å². The predicted molar refractivity (Wildman–Crippen MR) is 68.8 cm³/mol. The van der Waals surface area contributed by atoms with E-state index in [9.17, 15) is 4.79 Å². The summed E-state index contributed by atoms with van der Waals surface area (Å²) in [5, 5.41) is 9.02. The van der Waals surface area contributed by atoms with Crippen molar-refractivity contribution in [3.05, 3.63) is 11.6 Å². The van der Waals surface area contributed by atoms with E-state index in [2.05, 4.69) is 13.0 Å². The highest BCUT2D eigenvalue weighted by molar-refractivity contribution is 5.73. The first-order chi connectivity index (χ1) is 8.03. The molecule has 2 unspecified atom stereocenters. The van der Waals surface area contributed by atoms with Crippen LogP contribution >= 0.6 is 0 Å². The lowest BCUT2D eigenvalue weighted by Crippen LogP contribution is -2.27. The number of hydrogen-bond donors (Lipinski definition) is 1. The smallest absolute Gasteiger partial charge is 0.310 e. The fourth-order valence-electron chi connectivity index (χ4n) is 3.63. The average molecular weight is 236 g/mol. The molecule has 17 heavy (non-hydrogen) atoms. The quantitative estimate of drug-likeness (QED) is 0.752. The van der Waals surface area contributed by atoms with Crippen LogP contribution in [-0.4, -0.2) is 11.1 Å². The molecule has 2 heteroatoms. The number of carboxylic acid groups (broad SMARTS) is 1. The molecule has 1 saturated carbocycles. The first kappa shape index (κ1) is 12.7. The maximum absolute atomic E-state index is 11.0. The minimum Gasteiger partial charge on any atom is -0.481 e. The maximum atomic E-state index is 11.0. The topological polar surface area (TPSA) is 37.3 Å². The summed E-state index contributed by atoms with van der Waals surface area (Å²) in [6, 6.07) is 0. The fourth-order valence-corrected chi connectivity index (χ4v) is 3.63. The molecule has 2 aliphatic rings. The molecule has 0 bridgehead atoms. The second-order valence-corrected chi connectivity index (χ2v) is 6.17. The van der Waals surface area contributed by atoms with Crippen LogP contribution in [0.2, 0.25) is 0 Å². The maximum Gasteiger partial charge on any atom is 0.310 e. The van der Waals surface area contributed by atoms with Gasteiger partial charge in [0.1, 0.15) is 0 Å². The standard InChI is InChI=1S/C15H24O2/c1-11(14(16)17)12-5-7-13(8-6-12)15(2)9-3-4-10-15/h5,11,13H,3-4,6-10H2,1-2H3,(H,16,17). The summed E-state index contributed by atoms with van der Waals surface area (Å²) in [7, 11) is 0. The lowest BCUT2D eigenvalue weighted by molar-refractivity contribution is -0.139. The van der Waals surface area contributed by atoms with Gasteiger partial charge in [-0.15, -0.1) is 0 Å². The van der Waals surface area contributed by atoms with E-state index < -0.39 is 5.97 Å². The molecular weight excluding hydrogens is 212 g/mol. The third-order valence-electron chi connectivity index (χ3n) is 5.10. The van der Waals surface area contributed by atoms with Gasteiger partial charge in [0.2, 0.25) is 0 Å². The summed E-state index contributed by atoms with van der Waals surface area (Å²) in [6.07, 6.45) is 11.0. The molecule has 0 heterocycles. The van der Waals surface area contributed by atoms with E-state index in [0.29, 0.717) is 5.41 Å². The van der Waals surface area contributed by atoms with Crippen LogP contribution in [0.15, 0.2) is 11.6 Å². The number of aliphatic carboxylic acids is 1. The largest absolute Gasteiger partial charge is 0.481 e. The van der Waals surface area contributed by atoms with Crippen LogP contribution in [0.5, 0.6) is 0 Å². The molecular formula is C15H24O2. The van der Waals surface area contributed by atoms with Gasteiger partial charge in [-0.2, -0.15) is 0 Å². The number of carboxylic acids is 1. The number of allylic oxidation sites excluding steroid dienone is 1. The highest BCUT2D eigenvalue weighted by Crippen LogP contribution is 2.49. The molecule has 1 fully saturated rings. The molecule has 0 radical (unpaired) electrons. The fraction of sp³-hybridized carbons (Fsp3) is 0.800. The Labute approximate surface area is 104 Å². The Balaban J connectivity index is 1.99. The van der Waals surface area contributed by atoms with Crippen molar-refractivity contribution < 1.29 is 9.90 Å².